The standard InChI is InChI=1S/C8H17N3O2/c1-4-5-6-10-7(9-2)11-8(12)13-3/h4-6H2,1-3H3,(H2,9,10,11,12). The van der Waals surface area contributed by atoms with E-state index in [0.717, 1.165) is 19.4 Å². The molecule has 76 valence electrons. The van der Waals surface area contributed by atoms with Crippen molar-refractivity contribution in [2.45, 2.75) is 19.8 Å². The summed E-state index contributed by atoms with van der Waals surface area (Å²) in [6, 6.07) is 0. The number of carbonyl (C=O) groups is 1. The van der Waals surface area contributed by atoms with Gasteiger partial charge in [-0.3, -0.25) is 10.3 Å². The van der Waals surface area contributed by atoms with Gasteiger partial charge < -0.3 is 10.1 Å². The van der Waals surface area contributed by atoms with E-state index in [2.05, 4.69) is 27.3 Å². The van der Waals surface area contributed by atoms with Crippen molar-refractivity contribution in [3.63, 3.8) is 0 Å². The highest BCUT2D eigenvalue weighted by Gasteiger charge is 2.02. The second-order valence-corrected chi connectivity index (χ2v) is 2.47. The van der Waals surface area contributed by atoms with Crippen LogP contribution < -0.4 is 10.6 Å². The number of amides is 1. The van der Waals surface area contributed by atoms with Crippen LogP contribution in [0.4, 0.5) is 4.79 Å². The van der Waals surface area contributed by atoms with Crippen LogP contribution in [0.2, 0.25) is 0 Å². The maximum absolute atomic E-state index is 10.8. The monoisotopic (exact) mass is 187 g/mol. The summed E-state index contributed by atoms with van der Waals surface area (Å²) in [6.07, 6.45) is 1.63. The summed E-state index contributed by atoms with van der Waals surface area (Å²) in [6.45, 7) is 2.89. The molecule has 0 saturated heterocycles. The van der Waals surface area contributed by atoms with Crippen molar-refractivity contribution in [2.24, 2.45) is 4.99 Å². The first-order valence-electron chi connectivity index (χ1n) is 4.30. The summed E-state index contributed by atoms with van der Waals surface area (Å²) in [5, 5.41) is 5.43. The Bertz CT molecular complexity index is 180. The summed E-state index contributed by atoms with van der Waals surface area (Å²) >= 11 is 0. The van der Waals surface area contributed by atoms with E-state index in [0.29, 0.717) is 5.96 Å². The molecule has 0 aromatic heterocycles. The molecule has 5 nitrogen and oxygen atoms in total. The number of rotatable bonds is 3. The van der Waals surface area contributed by atoms with Gasteiger partial charge in [0.15, 0.2) is 0 Å². The van der Waals surface area contributed by atoms with Crippen molar-refractivity contribution in [1.29, 1.82) is 0 Å². The molecule has 0 aliphatic carbocycles. The van der Waals surface area contributed by atoms with Crippen molar-refractivity contribution in [3.8, 4) is 0 Å². The fourth-order valence-electron chi connectivity index (χ4n) is 0.710. The Hall–Kier alpha value is -1.26. The summed E-state index contributed by atoms with van der Waals surface area (Å²) in [5.74, 6) is 0.445. The van der Waals surface area contributed by atoms with Crippen LogP contribution in [0.5, 0.6) is 0 Å². The van der Waals surface area contributed by atoms with Crippen LogP contribution in [0.15, 0.2) is 4.99 Å². The van der Waals surface area contributed by atoms with Crippen molar-refractivity contribution in [3.05, 3.63) is 0 Å². The lowest BCUT2D eigenvalue weighted by Gasteiger charge is -2.08. The zero-order chi connectivity index (χ0) is 10.1. The molecule has 2 N–H and O–H groups in total. The van der Waals surface area contributed by atoms with Gasteiger partial charge in [-0.1, -0.05) is 13.3 Å². The summed E-state index contributed by atoms with van der Waals surface area (Å²) in [7, 11) is 2.92. The minimum atomic E-state index is -0.510. The number of alkyl carbamates (subject to hydrolysis) is 1. The number of carbonyl (C=O) groups excluding carboxylic acids is 1. The van der Waals surface area contributed by atoms with Crippen LogP contribution in [0.25, 0.3) is 0 Å². The molecule has 0 spiro atoms. The molecule has 5 heteroatoms. The van der Waals surface area contributed by atoms with Crippen LogP contribution >= 0.6 is 0 Å². The summed E-state index contributed by atoms with van der Waals surface area (Å²) < 4.78 is 4.42. The first kappa shape index (κ1) is 11.7. The third-order valence-corrected chi connectivity index (χ3v) is 1.45. The molecule has 0 aliphatic heterocycles. The quantitative estimate of drug-likeness (QED) is 0.389. The second-order valence-electron chi connectivity index (χ2n) is 2.47. The minimum Gasteiger partial charge on any atom is -0.453 e. The molecule has 0 unspecified atom stereocenters. The fraction of sp³-hybridized carbons (Fsp3) is 0.750. The summed E-state index contributed by atoms with van der Waals surface area (Å²) in [5.41, 5.74) is 0. The number of ether oxygens (including phenoxy) is 1. The van der Waals surface area contributed by atoms with Crippen LogP contribution in [-0.2, 0) is 4.74 Å². The molecule has 0 aliphatic rings. The van der Waals surface area contributed by atoms with E-state index in [-0.39, 0.29) is 0 Å². The van der Waals surface area contributed by atoms with Gasteiger partial charge >= 0.3 is 6.09 Å². The average Bonchev–Trinajstić information content (AvgIpc) is 2.16. The topological polar surface area (TPSA) is 62.7 Å². The van der Waals surface area contributed by atoms with Crippen molar-refractivity contribution in [2.75, 3.05) is 20.7 Å². The SMILES string of the molecule is CCCCNC(=NC)NC(=O)OC. The smallest absolute Gasteiger partial charge is 0.413 e. The van der Waals surface area contributed by atoms with Crippen LogP contribution in [0.1, 0.15) is 19.8 Å². The van der Waals surface area contributed by atoms with E-state index in [4.69, 9.17) is 0 Å². The Labute approximate surface area is 78.6 Å². The number of unbranched alkanes of at least 4 members (excludes halogenated alkanes) is 1. The van der Waals surface area contributed by atoms with E-state index in [1.165, 1.54) is 7.11 Å². The number of methoxy groups -OCH3 is 1. The highest BCUT2D eigenvalue weighted by molar-refractivity contribution is 5.93. The predicted octanol–water partition coefficient (Wildman–Crippen LogP) is 0.718. The lowest BCUT2D eigenvalue weighted by atomic mass is 10.3. The molecule has 0 aromatic rings. The highest BCUT2D eigenvalue weighted by Crippen LogP contribution is 1.82. The number of nitrogens with zero attached hydrogens (tertiary/aromatic N) is 1. The van der Waals surface area contributed by atoms with Crippen LogP contribution in [-0.4, -0.2) is 32.8 Å². The van der Waals surface area contributed by atoms with Gasteiger partial charge in [0, 0.05) is 13.6 Å². The van der Waals surface area contributed by atoms with Gasteiger partial charge in [-0.25, -0.2) is 4.79 Å². The molecule has 0 radical (unpaired) electrons. The van der Waals surface area contributed by atoms with Crippen molar-refractivity contribution < 1.29 is 9.53 Å². The number of nitrogens with one attached hydrogen (secondary N) is 2. The minimum absolute atomic E-state index is 0.445. The Balaban J connectivity index is 3.71. The Morgan fingerprint density at radius 2 is 2.23 bits per heavy atom. The maximum Gasteiger partial charge on any atom is 0.413 e. The van der Waals surface area contributed by atoms with E-state index < -0.39 is 6.09 Å². The molecule has 0 saturated carbocycles. The predicted molar refractivity (Wildman–Crippen MR) is 51.8 cm³/mol. The van der Waals surface area contributed by atoms with Gasteiger partial charge in [-0.05, 0) is 6.42 Å². The van der Waals surface area contributed by atoms with Gasteiger partial charge in [-0.2, -0.15) is 0 Å². The van der Waals surface area contributed by atoms with Crippen LogP contribution in [0.3, 0.4) is 0 Å². The Morgan fingerprint density at radius 1 is 1.54 bits per heavy atom. The number of guanidine groups is 1. The molecule has 13 heavy (non-hydrogen) atoms. The lowest BCUT2D eigenvalue weighted by molar-refractivity contribution is 0.176. The van der Waals surface area contributed by atoms with E-state index in [1.807, 2.05) is 0 Å². The maximum atomic E-state index is 10.8. The second kappa shape index (κ2) is 7.39. The number of hydrogen-bond acceptors (Lipinski definition) is 3. The first-order chi connectivity index (χ1) is 6.24. The zero-order valence-corrected chi connectivity index (χ0v) is 8.39. The van der Waals surface area contributed by atoms with E-state index >= 15 is 0 Å². The number of aliphatic imine (C=N–C) groups is 1. The lowest BCUT2D eigenvalue weighted by Crippen LogP contribution is -2.41. The third-order valence-electron chi connectivity index (χ3n) is 1.45. The van der Waals surface area contributed by atoms with Gasteiger partial charge in [0.25, 0.3) is 0 Å². The molecular weight excluding hydrogens is 170 g/mol. The molecule has 0 bridgehead atoms. The molecule has 0 heterocycles. The van der Waals surface area contributed by atoms with E-state index in [1.54, 1.807) is 7.05 Å². The summed E-state index contributed by atoms with van der Waals surface area (Å²) in [4.78, 5) is 14.6. The molecule has 0 atom stereocenters. The molecule has 0 fully saturated rings. The Morgan fingerprint density at radius 3 is 2.69 bits per heavy atom. The third kappa shape index (κ3) is 5.95. The zero-order valence-electron chi connectivity index (χ0n) is 8.39. The van der Waals surface area contributed by atoms with E-state index in [9.17, 15) is 4.79 Å². The first-order valence-corrected chi connectivity index (χ1v) is 4.30. The van der Waals surface area contributed by atoms with Crippen molar-refractivity contribution >= 4 is 12.1 Å². The van der Waals surface area contributed by atoms with Crippen molar-refractivity contribution in [1.82, 2.24) is 10.6 Å². The van der Waals surface area contributed by atoms with Crippen LogP contribution in [0, 0.1) is 0 Å². The molecular formula is C8H17N3O2. The van der Waals surface area contributed by atoms with Gasteiger partial charge in [0.05, 0.1) is 7.11 Å². The molecule has 0 rings (SSSR count). The highest BCUT2D eigenvalue weighted by atomic mass is 16.5. The number of hydrogen-bond donors (Lipinski definition) is 2. The van der Waals surface area contributed by atoms with Gasteiger partial charge in [0.2, 0.25) is 5.96 Å². The van der Waals surface area contributed by atoms with Gasteiger partial charge in [-0.15, -0.1) is 0 Å². The largest absolute Gasteiger partial charge is 0.453 e. The Kier molecular flexibility index (Phi) is 6.68. The fourth-order valence-corrected chi connectivity index (χ4v) is 0.710. The molecule has 1 amide bonds. The van der Waals surface area contributed by atoms with Gasteiger partial charge in [0.1, 0.15) is 0 Å². The molecule has 0 aromatic carbocycles. The average molecular weight is 187 g/mol. The normalized spacial score (nSPS) is 10.8.